The molecular weight excluding hydrogens is 514 g/mol. The number of hydrogen-bond donors (Lipinski definition) is 6. The molecule has 1 fully saturated rings. The predicted octanol–water partition coefficient (Wildman–Crippen LogP) is 0.225. The molecule has 2 unspecified atom stereocenters. The number of carbonyl (C=O) groups excluding carboxylic acids is 3. The molecule has 1 heterocycles. The van der Waals surface area contributed by atoms with Crippen LogP contribution in [0, 0.1) is 5.92 Å². The highest BCUT2D eigenvalue weighted by Gasteiger charge is 2.44. The number of anilines is 1. The molecular formula is C26H45N3O10. The van der Waals surface area contributed by atoms with Gasteiger partial charge in [0.2, 0.25) is 5.91 Å². The van der Waals surface area contributed by atoms with Crippen LogP contribution >= 0.6 is 0 Å². The van der Waals surface area contributed by atoms with Gasteiger partial charge in [-0.1, -0.05) is 39.8 Å². The van der Waals surface area contributed by atoms with Crippen molar-refractivity contribution in [3.8, 4) is 0 Å². The van der Waals surface area contributed by atoms with Gasteiger partial charge in [-0.25, -0.2) is 4.79 Å². The highest BCUT2D eigenvalue weighted by Crippen LogP contribution is 2.22. The summed E-state index contributed by atoms with van der Waals surface area (Å²) in [6.07, 6.45) is -6.97. The van der Waals surface area contributed by atoms with Crippen LogP contribution in [0.25, 0.3) is 0 Å². The summed E-state index contributed by atoms with van der Waals surface area (Å²) >= 11 is 0. The molecule has 0 spiro atoms. The van der Waals surface area contributed by atoms with E-state index in [0.717, 1.165) is 0 Å². The molecule has 0 aliphatic carbocycles. The van der Waals surface area contributed by atoms with E-state index in [1.807, 2.05) is 27.7 Å². The Labute approximate surface area is 229 Å². The second-order valence-electron chi connectivity index (χ2n) is 8.60. The minimum Gasteiger partial charge on any atom is -0.445 e. The molecule has 13 nitrogen and oxygen atoms in total. The lowest BCUT2D eigenvalue weighted by molar-refractivity contribution is -0.300. The molecule has 39 heavy (non-hydrogen) atoms. The average Bonchev–Trinajstić information content (AvgIpc) is 2.94. The summed E-state index contributed by atoms with van der Waals surface area (Å²) < 4.78 is 15.7. The topological polar surface area (TPSA) is 201 Å². The molecule has 224 valence electrons. The first-order valence-corrected chi connectivity index (χ1v) is 12.8. The van der Waals surface area contributed by atoms with Crippen molar-refractivity contribution in [3.63, 3.8) is 0 Å². The van der Waals surface area contributed by atoms with E-state index in [1.54, 1.807) is 24.3 Å². The van der Waals surface area contributed by atoms with Gasteiger partial charge in [0.1, 0.15) is 37.3 Å². The second kappa shape index (κ2) is 19.4. The van der Waals surface area contributed by atoms with Crippen molar-refractivity contribution in [2.75, 3.05) is 32.6 Å². The van der Waals surface area contributed by atoms with E-state index in [1.165, 1.54) is 19.0 Å². The van der Waals surface area contributed by atoms with Crippen molar-refractivity contribution in [1.29, 1.82) is 0 Å². The van der Waals surface area contributed by atoms with E-state index < -0.39 is 49.4 Å². The number of nitrogens with one attached hydrogen (secondary N) is 1. The maximum atomic E-state index is 12.2. The Morgan fingerprint density at radius 3 is 2.21 bits per heavy atom. The summed E-state index contributed by atoms with van der Waals surface area (Å²) in [7, 11) is 3.00. The van der Waals surface area contributed by atoms with E-state index >= 15 is 0 Å². The van der Waals surface area contributed by atoms with Gasteiger partial charge in [-0.2, -0.15) is 0 Å². The molecule has 2 amide bonds. The summed E-state index contributed by atoms with van der Waals surface area (Å²) in [6.45, 7) is 6.94. The number of aldehydes is 1. The van der Waals surface area contributed by atoms with Crippen LogP contribution in [0.5, 0.6) is 0 Å². The van der Waals surface area contributed by atoms with E-state index in [0.29, 0.717) is 17.5 Å². The molecule has 0 saturated carbocycles. The third-order valence-electron chi connectivity index (χ3n) is 5.62. The quantitative estimate of drug-likeness (QED) is 0.203. The third kappa shape index (κ3) is 11.5. The van der Waals surface area contributed by atoms with Gasteiger partial charge in [0.25, 0.3) is 0 Å². The number of benzene rings is 1. The molecule has 2 rings (SSSR count). The summed E-state index contributed by atoms with van der Waals surface area (Å²) in [5, 5.41) is 41.3. The lowest BCUT2D eigenvalue weighted by atomic mass is 9.99. The number of aliphatic hydroxyl groups excluding tert-OH is 4. The number of carbonyl (C=O) groups is 3. The maximum absolute atomic E-state index is 12.2. The summed E-state index contributed by atoms with van der Waals surface area (Å²) in [4.78, 5) is 36.7. The molecule has 0 bridgehead atoms. The van der Waals surface area contributed by atoms with Crippen molar-refractivity contribution >= 4 is 24.0 Å². The molecule has 1 aliphatic heterocycles. The molecule has 0 radical (unpaired) electrons. The normalized spacial score (nSPS) is 22.8. The zero-order valence-corrected chi connectivity index (χ0v) is 23.5. The molecule has 1 aromatic rings. The van der Waals surface area contributed by atoms with Crippen LogP contribution in [-0.2, 0) is 30.4 Å². The summed E-state index contributed by atoms with van der Waals surface area (Å²) in [6, 6.07) is 6.03. The van der Waals surface area contributed by atoms with Gasteiger partial charge >= 0.3 is 6.09 Å². The van der Waals surface area contributed by atoms with E-state index in [9.17, 15) is 34.8 Å². The van der Waals surface area contributed by atoms with Gasteiger partial charge in [-0.3, -0.25) is 4.79 Å². The molecule has 1 saturated heterocycles. The van der Waals surface area contributed by atoms with Crippen LogP contribution in [0.1, 0.15) is 39.7 Å². The minimum absolute atomic E-state index is 0.00594. The number of hydrogen-bond acceptors (Lipinski definition) is 11. The van der Waals surface area contributed by atoms with Crippen molar-refractivity contribution in [2.24, 2.45) is 11.7 Å². The van der Waals surface area contributed by atoms with Crippen LogP contribution in [0.4, 0.5) is 10.5 Å². The maximum Gasteiger partial charge on any atom is 0.410 e. The van der Waals surface area contributed by atoms with Gasteiger partial charge in [-0.05, 0) is 30.7 Å². The Balaban J connectivity index is 0.00000344. The monoisotopic (exact) mass is 559 g/mol. The van der Waals surface area contributed by atoms with Crippen LogP contribution < -0.4 is 11.1 Å². The number of rotatable bonds is 11. The lowest BCUT2D eigenvalue weighted by Crippen LogP contribution is -2.59. The van der Waals surface area contributed by atoms with E-state index in [4.69, 9.17) is 14.2 Å². The highest BCUT2D eigenvalue weighted by atomic mass is 16.7. The Bertz CT molecular complexity index is 838. The SMILES string of the molecule is CC.CC(C)[C@@H](C=O)N(C)C(=O)OCc1ccc(NC(=O)CCO[C@@H]2O[C@H](CO)C(O)[C@H](O)C2O)cc1.CN. The van der Waals surface area contributed by atoms with E-state index in [-0.39, 0.29) is 31.5 Å². The first-order valence-electron chi connectivity index (χ1n) is 12.8. The molecule has 1 aromatic carbocycles. The number of nitrogens with zero attached hydrogens (tertiary/aromatic N) is 1. The van der Waals surface area contributed by atoms with Crippen LogP contribution in [0.3, 0.4) is 0 Å². The van der Waals surface area contributed by atoms with Crippen molar-refractivity contribution in [3.05, 3.63) is 29.8 Å². The van der Waals surface area contributed by atoms with Crippen molar-refractivity contribution < 1.29 is 49.0 Å². The minimum atomic E-state index is -1.56. The van der Waals surface area contributed by atoms with Crippen LogP contribution in [-0.4, -0.2) is 108 Å². The Morgan fingerprint density at radius 1 is 1.10 bits per heavy atom. The highest BCUT2D eigenvalue weighted by molar-refractivity contribution is 5.90. The molecule has 7 N–H and O–H groups in total. The third-order valence-corrected chi connectivity index (χ3v) is 5.62. The average molecular weight is 560 g/mol. The van der Waals surface area contributed by atoms with Gasteiger partial charge in [-0.15, -0.1) is 0 Å². The fraction of sp³-hybridized carbons (Fsp3) is 0.654. The Hall–Kier alpha value is -2.65. The number of aliphatic hydroxyl groups is 4. The van der Waals surface area contributed by atoms with Gasteiger partial charge in [0, 0.05) is 12.7 Å². The first-order chi connectivity index (χ1) is 18.6. The largest absolute Gasteiger partial charge is 0.445 e. The van der Waals surface area contributed by atoms with Crippen LogP contribution in [0.2, 0.25) is 0 Å². The standard InChI is InChI=1S/C23H34N2O10.C2H6.CH5N/c1-13(2)16(10-26)25(3)23(32)34-12-14-4-6-15(7-5-14)24-18(28)8-9-33-22-21(31)20(30)19(29)17(11-27)35-22;2*1-2/h4-7,10,13,16-17,19-22,27,29-31H,8-9,11-12H2,1-3H3,(H,24,28);1-2H3;2H2,1H3/t16-,17-,19?,20+,21?,22-;;/m1../s1. The number of amides is 2. The number of nitrogens with two attached hydrogens (primary N) is 1. The van der Waals surface area contributed by atoms with Crippen molar-refractivity contribution in [2.45, 2.75) is 77.5 Å². The van der Waals surface area contributed by atoms with E-state index in [2.05, 4.69) is 11.1 Å². The van der Waals surface area contributed by atoms with Gasteiger partial charge in [0.05, 0.1) is 25.7 Å². The fourth-order valence-corrected chi connectivity index (χ4v) is 3.44. The predicted molar refractivity (Wildman–Crippen MR) is 144 cm³/mol. The lowest BCUT2D eigenvalue weighted by Gasteiger charge is -2.39. The second-order valence-corrected chi connectivity index (χ2v) is 8.60. The summed E-state index contributed by atoms with van der Waals surface area (Å²) in [5.74, 6) is -0.431. The van der Waals surface area contributed by atoms with Crippen LogP contribution in [0.15, 0.2) is 24.3 Å². The number of likely N-dealkylation sites (N-methyl/N-ethyl adjacent to an activating group) is 1. The first kappa shape index (κ1) is 36.4. The molecule has 1 aliphatic rings. The zero-order valence-electron chi connectivity index (χ0n) is 23.5. The zero-order chi connectivity index (χ0) is 30.1. The van der Waals surface area contributed by atoms with Gasteiger partial charge < -0.3 is 55.4 Å². The number of ether oxygens (including phenoxy) is 3. The molecule has 0 aromatic heterocycles. The van der Waals surface area contributed by atoms with Gasteiger partial charge in [0.15, 0.2) is 6.29 Å². The summed E-state index contributed by atoms with van der Waals surface area (Å²) in [5.41, 5.74) is 5.68. The molecule has 13 heteroatoms. The molecule has 6 atom stereocenters. The Kier molecular flexibility index (Phi) is 18.1. The fourth-order valence-electron chi connectivity index (χ4n) is 3.44. The Morgan fingerprint density at radius 2 is 1.69 bits per heavy atom. The van der Waals surface area contributed by atoms with Crippen molar-refractivity contribution in [1.82, 2.24) is 4.90 Å². The smallest absolute Gasteiger partial charge is 0.410 e.